The van der Waals surface area contributed by atoms with Gasteiger partial charge in [0.25, 0.3) is 5.91 Å². The maximum atomic E-state index is 11.7. The highest BCUT2D eigenvalue weighted by Gasteiger charge is 2.17. The van der Waals surface area contributed by atoms with Crippen LogP contribution in [0.1, 0.15) is 33.1 Å². The van der Waals surface area contributed by atoms with Gasteiger partial charge in [-0.3, -0.25) is 9.59 Å². The van der Waals surface area contributed by atoms with Gasteiger partial charge in [0.15, 0.2) is 0 Å². The smallest absolute Gasteiger partial charge is 0.303 e. The Kier molecular flexibility index (Phi) is 6.90. The SMILES string of the molecule is CC(C)C(CCNC(=O)C1=COCCO1)CCC(=O)O. The number of ether oxygens (including phenoxy) is 2. The summed E-state index contributed by atoms with van der Waals surface area (Å²) >= 11 is 0. The highest BCUT2D eigenvalue weighted by atomic mass is 16.6. The fraction of sp³-hybridized carbons (Fsp3) is 0.714. The van der Waals surface area contributed by atoms with Gasteiger partial charge in [0, 0.05) is 13.0 Å². The maximum absolute atomic E-state index is 11.7. The molecule has 2 N–H and O–H groups in total. The first-order valence-electron chi connectivity index (χ1n) is 6.95. The van der Waals surface area contributed by atoms with Crippen molar-refractivity contribution in [3.05, 3.63) is 12.0 Å². The number of aliphatic carboxylic acids is 1. The molecule has 0 saturated carbocycles. The minimum absolute atomic E-state index is 0.166. The molecule has 0 aliphatic carbocycles. The number of nitrogens with one attached hydrogen (secondary N) is 1. The molecule has 1 rings (SSSR count). The van der Waals surface area contributed by atoms with Crippen molar-refractivity contribution in [2.45, 2.75) is 33.1 Å². The fourth-order valence-electron chi connectivity index (χ4n) is 2.07. The third-order valence-electron chi connectivity index (χ3n) is 3.35. The molecule has 20 heavy (non-hydrogen) atoms. The number of hydrogen-bond acceptors (Lipinski definition) is 4. The summed E-state index contributed by atoms with van der Waals surface area (Å²) in [5, 5.41) is 11.5. The Balaban J connectivity index is 2.30. The molecule has 0 aromatic rings. The van der Waals surface area contributed by atoms with Crippen LogP contribution in [0.2, 0.25) is 0 Å². The third kappa shape index (κ3) is 5.95. The number of hydrogen-bond donors (Lipinski definition) is 2. The van der Waals surface area contributed by atoms with E-state index in [-0.39, 0.29) is 24.0 Å². The van der Waals surface area contributed by atoms with Crippen molar-refractivity contribution in [2.75, 3.05) is 19.8 Å². The molecule has 6 heteroatoms. The summed E-state index contributed by atoms with van der Waals surface area (Å²) in [4.78, 5) is 22.3. The number of carboxylic acids is 1. The summed E-state index contributed by atoms with van der Waals surface area (Å²) in [6, 6.07) is 0. The highest BCUT2D eigenvalue weighted by molar-refractivity contribution is 5.91. The molecule has 0 spiro atoms. The summed E-state index contributed by atoms with van der Waals surface area (Å²) in [6.45, 7) is 5.47. The van der Waals surface area contributed by atoms with Crippen molar-refractivity contribution in [3.63, 3.8) is 0 Å². The monoisotopic (exact) mass is 285 g/mol. The largest absolute Gasteiger partial charge is 0.494 e. The second-order valence-corrected chi connectivity index (χ2v) is 5.18. The van der Waals surface area contributed by atoms with E-state index in [1.807, 2.05) is 0 Å². The van der Waals surface area contributed by atoms with Gasteiger partial charge in [-0.05, 0) is 24.7 Å². The van der Waals surface area contributed by atoms with E-state index in [1.165, 1.54) is 6.26 Å². The molecule has 1 amide bonds. The third-order valence-corrected chi connectivity index (χ3v) is 3.35. The lowest BCUT2D eigenvalue weighted by Crippen LogP contribution is -2.30. The standard InChI is InChI=1S/C14H23NO5/c1-10(2)11(3-4-13(16)17)5-6-15-14(18)12-9-19-7-8-20-12/h9-11H,3-8H2,1-2H3,(H,15,18)(H,16,17). The molecule has 0 aromatic carbocycles. The molecule has 1 heterocycles. The van der Waals surface area contributed by atoms with E-state index in [2.05, 4.69) is 19.2 Å². The van der Waals surface area contributed by atoms with Crippen LogP contribution in [-0.4, -0.2) is 36.7 Å². The first-order chi connectivity index (χ1) is 9.50. The second kappa shape index (κ2) is 8.45. The van der Waals surface area contributed by atoms with Crippen molar-refractivity contribution in [1.82, 2.24) is 5.32 Å². The van der Waals surface area contributed by atoms with Gasteiger partial charge in [0.1, 0.15) is 19.5 Å². The van der Waals surface area contributed by atoms with Gasteiger partial charge in [-0.1, -0.05) is 13.8 Å². The van der Waals surface area contributed by atoms with Crippen LogP contribution in [0.5, 0.6) is 0 Å². The Labute approximate surface area is 119 Å². The Bertz CT molecular complexity index is 365. The van der Waals surface area contributed by atoms with Gasteiger partial charge < -0.3 is 19.9 Å². The summed E-state index contributed by atoms with van der Waals surface area (Å²) in [6.07, 6.45) is 2.87. The summed E-state index contributed by atoms with van der Waals surface area (Å²) in [5.74, 6) is -0.199. The van der Waals surface area contributed by atoms with E-state index >= 15 is 0 Å². The molecule has 6 nitrogen and oxygen atoms in total. The van der Waals surface area contributed by atoms with E-state index in [4.69, 9.17) is 14.6 Å². The number of carbonyl (C=O) groups excluding carboxylic acids is 1. The van der Waals surface area contributed by atoms with Crippen LogP contribution in [0, 0.1) is 11.8 Å². The van der Waals surface area contributed by atoms with Gasteiger partial charge in [0.2, 0.25) is 5.76 Å². The Hall–Kier alpha value is -1.72. The lowest BCUT2D eigenvalue weighted by molar-refractivity contribution is -0.137. The molecule has 1 aliphatic rings. The van der Waals surface area contributed by atoms with Crippen LogP contribution in [0.15, 0.2) is 12.0 Å². The van der Waals surface area contributed by atoms with Crippen LogP contribution in [-0.2, 0) is 19.1 Å². The Morgan fingerprint density at radius 3 is 2.65 bits per heavy atom. The molecule has 1 unspecified atom stereocenters. The highest BCUT2D eigenvalue weighted by Crippen LogP contribution is 2.20. The van der Waals surface area contributed by atoms with Gasteiger partial charge in [0.05, 0.1) is 0 Å². The number of amides is 1. The van der Waals surface area contributed by atoms with Gasteiger partial charge in [-0.15, -0.1) is 0 Å². The molecule has 0 fully saturated rings. The van der Waals surface area contributed by atoms with Gasteiger partial charge >= 0.3 is 5.97 Å². The lowest BCUT2D eigenvalue weighted by Gasteiger charge is -2.20. The average molecular weight is 285 g/mol. The number of rotatable bonds is 8. The number of carbonyl (C=O) groups is 2. The Morgan fingerprint density at radius 2 is 2.10 bits per heavy atom. The molecule has 114 valence electrons. The van der Waals surface area contributed by atoms with Crippen LogP contribution in [0.4, 0.5) is 0 Å². The topological polar surface area (TPSA) is 84.9 Å². The van der Waals surface area contributed by atoms with Crippen LogP contribution >= 0.6 is 0 Å². The van der Waals surface area contributed by atoms with Crippen molar-refractivity contribution in [2.24, 2.45) is 11.8 Å². The van der Waals surface area contributed by atoms with Crippen molar-refractivity contribution >= 4 is 11.9 Å². The molecule has 1 aliphatic heterocycles. The summed E-state index contributed by atoms with van der Waals surface area (Å²) in [5.41, 5.74) is 0. The van der Waals surface area contributed by atoms with Crippen LogP contribution in [0.3, 0.4) is 0 Å². The Morgan fingerprint density at radius 1 is 1.35 bits per heavy atom. The minimum atomic E-state index is -0.780. The molecule has 0 saturated heterocycles. The average Bonchev–Trinajstić information content (AvgIpc) is 2.42. The predicted molar refractivity (Wildman–Crippen MR) is 72.8 cm³/mol. The quantitative estimate of drug-likeness (QED) is 0.706. The van der Waals surface area contributed by atoms with E-state index in [0.717, 1.165) is 6.42 Å². The summed E-state index contributed by atoms with van der Waals surface area (Å²) < 4.78 is 10.2. The van der Waals surface area contributed by atoms with E-state index in [1.54, 1.807) is 0 Å². The number of carboxylic acid groups (broad SMARTS) is 1. The molecule has 0 radical (unpaired) electrons. The fourth-order valence-corrected chi connectivity index (χ4v) is 2.07. The van der Waals surface area contributed by atoms with Crippen LogP contribution < -0.4 is 5.32 Å². The first-order valence-corrected chi connectivity index (χ1v) is 6.95. The van der Waals surface area contributed by atoms with Crippen LogP contribution in [0.25, 0.3) is 0 Å². The van der Waals surface area contributed by atoms with E-state index in [0.29, 0.717) is 32.1 Å². The molecular formula is C14H23NO5. The lowest BCUT2D eigenvalue weighted by atomic mass is 9.88. The van der Waals surface area contributed by atoms with Crippen molar-refractivity contribution < 1.29 is 24.2 Å². The minimum Gasteiger partial charge on any atom is -0.494 e. The zero-order valence-corrected chi connectivity index (χ0v) is 12.1. The predicted octanol–water partition coefficient (Wildman–Crippen LogP) is 1.52. The molecular weight excluding hydrogens is 262 g/mol. The van der Waals surface area contributed by atoms with Gasteiger partial charge in [-0.2, -0.15) is 0 Å². The zero-order valence-electron chi connectivity index (χ0n) is 12.1. The normalized spacial score (nSPS) is 15.8. The first kappa shape index (κ1) is 16.3. The molecule has 1 atom stereocenters. The molecule has 0 bridgehead atoms. The van der Waals surface area contributed by atoms with Crippen molar-refractivity contribution in [1.29, 1.82) is 0 Å². The van der Waals surface area contributed by atoms with Gasteiger partial charge in [-0.25, -0.2) is 0 Å². The van der Waals surface area contributed by atoms with Crippen molar-refractivity contribution in [3.8, 4) is 0 Å². The zero-order chi connectivity index (χ0) is 15.0. The van der Waals surface area contributed by atoms with E-state index < -0.39 is 5.97 Å². The second-order valence-electron chi connectivity index (χ2n) is 5.18. The summed E-state index contributed by atoms with van der Waals surface area (Å²) in [7, 11) is 0. The van der Waals surface area contributed by atoms with E-state index in [9.17, 15) is 9.59 Å². The maximum Gasteiger partial charge on any atom is 0.303 e. The molecule has 0 aromatic heterocycles.